The molecule has 2 atom stereocenters. The number of halogens is 1. The molecule has 2 aromatic rings. The largest absolute Gasteiger partial charge is 0.383 e. The molecule has 1 aliphatic heterocycles. The molecule has 4 rings (SSSR count). The molecule has 2 aliphatic rings. The second-order valence-corrected chi connectivity index (χ2v) is 8.68. The van der Waals surface area contributed by atoms with E-state index in [0.29, 0.717) is 28.1 Å². The minimum atomic E-state index is -0.184. The fourth-order valence-electron chi connectivity index (χ4n) is 4.92. The van der Waals surface area contributed by atoms with Crippen LogP contribution in [-0.4, -0.2) is 33.7 Å². The van der Waals surface area contributed by atoms with Crippen LogP contribution in [0.1, 0.15) is 32.6 Å². The van der Waals surface area contributed by atoms with Gasteiger partial charge in [-0.2, -0.15) is 4.98 Å². The number of rotatable bonds is 2. The fraction of sp³-hybridized carbons (Fsp3) is 0.550. The molecule has 1 spiro atoms. The Balaban J connectivity index is 1.63. The fourth-order valence-corrected chi connectivity index (χ4v) is 5.09. The van der Waals surface area contributed by atoms with Crippen LogP contribution in [0.5, 0.6) is 0 Å². The molecule has 1 aliphatic carbocycles. The van der Waals surface area contributed by atoms with Crippen LogP contribution in [0, 0.1) is 11.3 Å². The van der Waals surface area contributed by atoms with Crippen molar-refractivity contribution in [2.45, 2.75) is 38.6 Å². The smallest absolute Gasteiger partial charge is 0.264 e. The van der Waals surface area contributed by atoms with Crippen molar-refractivity contribution in [3.8, 4) is 11.1 Å². The quantitative estimate of drug-likeness (QED) is 0.747. The Labute approximate surface area is 169 Å². The molecule has 0 amide bonds. The Morgan fingerprint density at radius 2 is 2.00 bits per heavy atom. The van der Waals surface area contributed by atoms with Crippen LogP contribution >= 0.6 is 11.6 Å². The first-order valence-electron chi connectivity index (χ1n) is 9.81. The first-order valence-corrected chi connectivity index (χ1v) is 10.2. The highest BCUT2D eigenvalue weighted by atomic mass is 35.5. The minimum Gasteiger partial charge on any atom is -0.383 e. The highest BCUT2D eigenvalue weighted by molar-refractivity contribution is 6.29. The topological polar surface area (TPSA) is 103 Å². The van der Waals surface area contributed by atoms with Gasteiger partial charge in [-0.05, 0) is 54.7 Å². The van der Waals surface area contributed by atoms with Crippen molar-refractivity contribution in [1.29, 1.82) is 0 Å². The van der Waals surface area contributed by atoms with Gasteiger partial charge in [0, 0.05) is 32.4 Å². The molecule has 3 heterocycles. The van der Waals surface area contributed by atoms with E-state index in [1.54, 1.807) is 29.9 Å². The van der Waals surface area contributed by atoms with Gasteiger partial charge >= 0.3 is 0 Å². The lowest BCUT2D eigenvalue weighted by Gasteiger charge is -2.43. The standard InChI is InChI=1S/C20H27ClN6O/c1-12-3-5-20(16(12)22)6-9-27(10-7-20)19-25-17(23)15(18(28)26(19)2)13-4-8-24-14(21)11-13/h4,8,11-12,16H,3,5-7,9-10,22-23H2,1-2H3/t12-,16-/m1/s1. The molecule has 4 N–H and O–H groups in total. The van der Waals surface area contributed by atoms with Crippen molar-refractivity contribution >= 4 is 23.4 Å². The van der Waals surface area contributed by atoms with Gasteiger partial charge in [-0.3, -0.25) is 9.36 Å². The van der Waals surface area contributed by atoms with Crippen molar-refractivity contribution in [2.75, 3.05) is 23.7 Å². The Kier molecular flexibility index (Phi) is 4.83. The second-order valence-electron chi connectivity index (χ2n) is 8.29. The number of nitrogen functional groups attached to an aromatic ring is 1. The van der Waals surface area contributed by atoms with Gasteiger partial charge in [-0.1, -0.05) is 18.5 Å². The highest BCUT2D eigenvalue weighted by Crippen LogP contribution is 2.48. The number of pyridine rings is 1. The first kappa shape index (κ1) is 19.2. The molecule has 0 radical (unpaired) electrons. The third-order valence-electron chi connectivity index (χ3n) is 6.77. The van der Waals surface area contributed by atoms with Gasteiger partial charge in [0.05, 0.1) is 5.56 Å². The maximum Gasteiger partial charge on any atom is 0.264 e. The number of anilines is 2. The lowest BCUT2D eigenvalue weighted by atomic mass is 9.73. The molecule has 1 saturated heterocycles. The molecule has 0 bridgehead atoms. The second kappa shape index (κ2) is 7.04. The molecular weight excluding hydrogens is 376 g/mol. The van der Waals surface area contributed by atoms with Crippen molar-refractivity contribution < 1.29 is 0 Å². The monoisotopic (exact) mass is 402 g/mol. The summed E-state index contributed by atoms with van der Waals surface area (Å²) in [4.78, 5) is 23.7. The lowest BCUT2D eigenvalue weighted by Crippen LogP contribution is -2.49. The van der Waals surface area contributed by atoms with Crippen molar-refractivity contribution in [1.82, 2.24) is 14.5 Å². The van der Waals surface area contributed by atoms with Crippen LogP contribution in [0.2, 0.25) is 5.15 Å². The molecule has 8 heteroatoms. The first-order chi connectivity index (χ1) is 13.3. The van der Waals surface area contributed by atoms with E-state index in [1.165, 1.54) is 12.8 Å². The molecule has 2 fully saturated rings. The van der Waals surface area contributed by atoms with Crippen molar-refractivity contribution in [2.24, 2.45) is 24.1 Å². The average molecular weight is 403 g/mol. The summed E-state index contributed by atoms with van der Waals surface area (Å²) in [6.07, 6.45) is 6.00. The normalized spacial score (nSPS) is 24.1. The molecule has 28 heavy (non-hydrogen) atoms. The van der Waals surface area contributed by atoms with E-state index in [2.05, 4.69) is 21.8 Å². The SMILES string of the molecule is C[C@@H]1CCC2(CCN(c3nc(N)c(-c4ccnc(Cl)c4)c(=O)n3C)CC2)[C@@H]1N. The van der Waals surface area contributed by atoms with Gasteiger partial charge in [-0.25, -0.2) is 4.98 Å². The lowest BCUT2D eigenvalue weighted by molar-refractivity contribution is 0.185. The summed E-state index contributed by atoms with van der Waals surface area (Å²) >= 11 is 5.97. The minimum absolute atomic E-state index is 0.184. The zero-order valence-electron chi connectivity index (χ0n) is 16.4. The van der Waals surface area contributed by atoms with Gasteiger partial charge in [0.2, 0.25) is 5.95 Å². The Morgan fingerprint density at radius 3 is 2.61 bits per heavy atom. The van der Waals surface area contributed by atoms with E-state index in [1.807, 2.05) is 0 Å². The molecule has 150 valence electrons. The number of aromatic nitrogens is 3. The third kappa shape index (κ3) is 3.06. The van der Waals surface area contributed by atoms with Gasteiger partial charge in [0.1, 0.15) is 11.0 Å². The van der Waals surface area contributed by atoms with Gasteiger partial charge in [0.15, 0.2) is 0 Å². The summed E-state index contributed by atoms with van der Waals surface area (Å²) < 4.78 is 1.58. The summed E-state index contributed by atoms with van der Waals surface area (Å²) in [6, 6.07) is 3.60. The van der Waals surface area contributed by atoms with E-state index in [9.17, 15) is 4.79 Å². The van der Waals surface area contributed by atoms with Gasteiger partial charge in [-0.15, -0.1) is 0 Å². The van der Waals surface area contributed by atoms with E-state index in [-0.39, 0.29) is 22.8 Å². The maximum absolute atomic E-state index is 13.0. The maximum atomic E-state index is 13.0. The molecule has 0 aromatic carbocycles. The third-order valence-corrected chi connectivity index (χ3v) is 6.98. The summed E-state index contributed by atoms with van der Waals surface area (Å²) in [6.45, 7) is 3.92. The Morgan fingerprint density at radius 1 is 1.29 bits per heavy atom. The molecule has 2 aromatic heterocycles. The van der Waals surface area contributed by atoms with E-state index >= 15 is 0 Å². The average Bonchev–Trinajstić information content (AvgIpc) is 2.94. The highest BCUT2D eigenvalue weighted by Gasteiger charge is 2.46. The summed E-state index contributed by atoms with van der Waals surface area (Å²) in [5.41, 5.74) is 13.8. The van der Waals surface area contributed by atoms with Crippen LogP contribution in [0.15, 0.2) is 23.1 Å². The van der Waals surface area contributed by atoms with Crippen LogP contribution in [-0.2, 0) is 7.05 Å². The summed E-state index contributed by atoms with van der Waals surface area (Å²) in [5, 5.41) is 0.312. The molecular formula is C20H27ClN6O. The number of hydrogen-bond donors (Lipinski definition) is 2. The predicted molar refractivity (Wildman–Crippen MR) is 112 cm³/mol. The molecule has 0 unspecified atom stereocenters. The number of nitrogens with two attached hydrogens (primary N) is 2. The number of hydrogen-bond acceptors (Lipinski definition) is 6. The van der Waals surface area contributed by atoms with Crippen LogP contribution in [0.4, 0.5) is 11.8 Å². The van der Waals surface area contributed by atoms with Crippen LogP contribution in [0.25, 0.3) is 11.1 Å². The van der Waals surface area contributed by atoms with Crippen molar-refractivity contribution in [3.05, 3.63) is 33.8 Å². The van der Waals surface area contributed by atoms with E-state index in [4.69, 9.17) is 23.1 Å². The van der Waals surface area contributed by atoms with E-state index in [0.717, 1.165) is 25.9 Å². The predicted octanol–water partition coefficient (Wildman–Crippen LogP) is 2.42. The number of nitrogens with zero attached hydrogens (tertiary/aromatic N) is 4. The van der Waals surface area contributed by atoms with Gasteiger partial charge < -0.3 is 16.4 Å². The van der Waals surface area contributed by atoms with E-state index < -0.39 is 0 Å². The van der Waals surface area contributed by atoms with Crippen molar-refractivity contribution in [3.63, 3.8) is 0 Å². The number of piperidine rings is 1. The Hall–Kier alpha value is -2.12. The Bertz CT molecular complexity index is 950. The zero-order valence-corrected chi connectivity index (χ0v) is 17.1. The van der Waals surface area contributed by atoms with Crippen LogP contribution < -0.4 is 21.9 Å². The summed E-state index contributed by atoms with van der Waals surface area (Å²) in [7, 11) is 1.74. The van der Waals surface area contributed by atoms with Gasteiger partial charge in [0.25, 0.3) is 5.56 Å². The molecule has 1 saturated carbocycles. The molecule has 7 nitrogen and oxygen atoms in total. The summed E-state index contributed by atoms with van der Waals surface area (Å²) in [5.74, 6) is 1.41. The zero-order chi connectivity index (χ0) is 20.1. The van der Waals surface area contributed by atoms with Crippen LogP contribution in [0.3, 0.4) is 0 Å².